The summed E-state index contributed by atoms with van der Waals surface area (Å²) in [6, 6.07) is -0.0334. The van der Waals surface area contributed by atoms with E-state index >= 15 is 0 Å². The molecule has 7 nitrogen and oxygen atoms in total. The summed E-state index contributed by atoms with van der Waals surface area (Å²) in [4.78, 5) is 11.6. The van der Waals surface area contributed by atoms with Crippen LogP contribution in [0.3, 0.4) is 0 Å². The number of aliphatic imine (C=N–C) groups is 2. The second-order valence-corrected chi connectivity index (χ2v) is 6.45. The van der Waals surface area contributed by atoms with Gasteiger partial charge < -0.3 is 22.5 Å². The van der Waals surface area contributed by atoms with Crippen LogP contribution in [-0.4, -0.2) is 35.7 Å². The molecular formula is C13H20F3N7S. The molecule has 0 amide bonds. The van der Waals surface area contributed by atoms with Gasteiger partial charge in [-0.25, -0.2) is 9.98 Å². The predicted molar refractivity (Wildman–Crippen MR) is 88.3 cm³/mol. The van der Waals surface area contributed by atoms with Crippen LogP contribution in [0, 0.1) is 0 Å². The number of alkyl halides is 3. The molecule has 0 aliphatic heterocycles. The third-order valence-electron chi connectivity index (χ3n) is 3.61. The summed E-state index contributed by atoms with van der Waals surface area (Å²) in [5, 5.41) is 5.26. The molecule has 0 spiro atoms. The highest BCUT2D eigenvalue weighted by Gasteiger charge is 2.28. The number of nitrogens with zero attached hydrogens (tertiary/aromatic N) is 3. The Balaban J connectivity index is 1.94. The second-order valence-electron chi connectivity index (χ2n) is 5.61. The lowest BCUT2D eigenvalue weighted by Crippen LogP contribution is -2.42. The van der Waals surface area contributed by atoms with Gasteiger partial charge in [0, 0.05) is 17.3 Å². The zero-order chi connectivity index (χ0) is 17.7. The molecule has 24 heavy (non-hydrogen) atoms. The number of nitrogens with two attached hydrogens (primary N) is 3. The summed E-state index contributed by atoms with van der Waals surface area (Å²) >= 11 is 1.35. The summed E-state index contributed by atoms with van der Waals surface area (Å²) in [7, 11) is 0. The van der Waals surface area contributed by atoms with Gasteiger partial charge in [0.25, 0.3) is 0 Å². The van der Waals surface area contributed by atoms with E-state index in [4.69, 9.17) is 17.2 Å². The average Bonchev–Trinajstić information content (AvgIpc) is 2.92. The molecule has 2 unspecified atom stereocenters. The molecule has 1 saturated carbocycles. The van der Waals surface area contributed by atoms with Gasteiger partial charge >= 0.3 is 6.18 Å². The summed E-state index contributed by atoms with van der Waals surface area (Å²) in [6.07, 6.45) is -0.951. The normalized spacial score (nSPS) is 22.2. The SMILES string of the molecule is NC(N)=Nc1nc(C2CCCC(NC(N)=NCC(F)(F)F)C2)cs1. The standard InChI is InChI=1S/C13H20F3N7S/c14-13(15,16)6-20-11(19)21-8-3-1-2-7(4-8)9-5-24-12(22-9)23-10(17)18/h5,7-8H,1-4,6H2,(H3,19,20,21)(H4,17,18,22,23). The summed E-state index contributed by atoms with van der Waals surface area (Å²) in [5.74, 6) is -0.0453. The second kappa shape index (κ2) is 7.69. The van der Waals surface area contributed by atoms with Crippen molar-refractivity contribution in [1.29, 1.82) is 0 Å². The Kier molecular flexibility index (Phi) is 5.86. The molecule has 1 aliphatic rings. The Morgan fingerprint density at radius 2 is 2.08 bits per heavy atom. The zero-order valence-electron chi connectivity index (χ0n) is 12.9. The van der Waals surface area contributed by atoms with Crippen LogP contribution in [0.1, 0.15) is 37.3 Å². The fourth-order valence-electron chi connectivity index (χ4n) is 2.64. The molecule has 0 aromatic carbocycles. The van der Waals surface area contributed by atoms with Crippen molar-refractivity contribution >= 4 is 28.4 Å². The van der Waals surface area contributed by atoms with Crippen molar-refractivity contribution in [3.63, 3.8) is 0 Å². The van der Waals surface area contributed by atoms with Crippen molar-refractivity contribution in [1.82, 2.24) is 10.3 Å². The van der Waals surface area contributed by atoms with Crippen molar-refractivity contribution in [2.75, 3.05) is 6.54 Å². The Bertz CT molecular complexity index is 607. The molecule has 1 heterocycles. The van der Waals surface area contributed by atoms with Crippen molar-refractivity contribution in [2.45, 2.75) is 43.8 Å². The maximum atomic E-state index is 12.1. The van der Waals surface area contributed by atoms with E-state index in [-0.39, 0.29) is 23.9 Å². The van der Waals surface area contributed by atoms with Gasteiger partial charge in [0.15, 0.2) is 11.9 Å². The lowest BCUT2D eigenvalue weighted by molar-refractivity contribution is -0.118. The number of hydrogen-bond donors (Lipinski definition) is 4. The van der Waals surface area contributed by atoms with E-state index in [0.717, 1.165) is 25.0 Å². The molecule has 1 fully saturated rings. The highest BCUT2D eigenvalue weighted by molar-refractivity contribution is 7.13. The quantitative estimate of drug-likeness (QED) is 0.476. The number of aromatic nitrogens is 1. The van der Waals surface area contributed by atoms with Crippen molar-refractivity contribution in [2.24, 2.45) is 27.2 Å². The summed E-state index contributed by atoms with van der Waals surface area (Å²) in [6.45, 7) is -1.28. The van der Waals surface area contributed by atoms with Crippen LogP contribution in [0.5, 0.6) is 0 Å². The van der Waals surface area contributed by atoms with Crippen molar-refractivity contribution in [3.05, 3.63) is 11.1 Å². The minimum Gasteiger partial charge on any atom is -0.370 e. The van der Waals surface area contributed by atoms with Crippen LogP contribution < -0.4 is 22.5 Å². The first-order valence-corrected chi connectivity index (χ1v) is 8.29. The van der Waals surface area contributed by atoms with Gasteiger partial charge in [-0.1, -0.05) is 6.42 Å². The Morgan fingerprint density at radius 1 is 1.33 bits per heavy atom. The third kappa shape index (κ3) is 5.87. The molecular weight excluding hydrogens is 343 g/mol. The van der Waals surface area contributed by atoms with E-state index in [1.54, 1.807) is 0 Å². The number of halogens is 3. The van der Waals surface area contributed by atoms with Crippen molar-refractivity contribution < 1.29 is 13.2 Å². The number of hydrogen-bond acceptors (Lipinski definition) is 4. The van der Waals surface area contributed by atoms with E-state index in [1.165, 1.54) is 11.3 Å². The van der Waals surface area contributed by atoms with Gasteiger partial charge in [0.1, 0.15) is 6.54 Å². The third-order valence-corrected chi connectivity index (χ3v) is 4.36. The highest BCUT2D eigenvalue weighted by Crippen LogP contribution is 2.35. The van der Waals surface area contributed by atoms with Crippen LogP contribution in [-0.2, 0) is 0 Å². The molecule has 0 saturated heterocycles. The summed E-state index contributed by atoms with van der Waals surface area (Å²) in [5.41, 5.74) is 17.1. The van der Waals surface area contributed by atoms with Crippen LogP contribution in [0.2, 0.25) is 0 Å². The lowest BCUT2D eigenvalue weighted by Gasteiger charge is -2.29. The maximum absolute atomic E-state index is 12.1. The van der Waals surface area contributed by atoms with Crippen LogP contribution >= 0.6 is 11.3 Å². The minimum absolute atomic E-state index is 0.0334. The lowest BCUT2D eigenvalue weighted by atomic mass is 9.84. The Hall–Kier alpha value is -2.04. The number of nitrogens with one attached hydrogen (secondary N) is 1. The van der Waals surface area contributed by atoms with Crippen LogP contribution in [0.25, 0.3) is 0 Å². The van der Waals surface area contributed by atoms with E-state index in [2.05, 4.69) is 20.3 Å². The fraction of sp³-hybridized carbons (Fsp3) is 0.615. The smallest absolute Gasteiger partial charge is 0.370 e. The highest BCUT2D eigenvalue weighted by atomic mass is 32.1. The van der Waals surface area contributed by atoms with Gasteiger partial charge in [-0.3, -0.25) is 0 Å². The number of thiazole rings is 1. The van der Waals surface area contributed by atoms with Gasteiger partial charge in [0.2, 0.25) is 5.13 Å². The Labute approximate surface area is 141 Å². The largest absolute Gasteiger partial charge is 0.408 e. The maximum Gasteiger partial charge on any atom is 0.408 e. The monoisotopic (exact) mass is 363 g/mol. The van der Waals surface area contributed by atoms with E-state index < -0.39 is 12.7 Å². The zero-order valence-corrected chi connectivity index (χ0v) is 13.7. The molecule has 7 N–H and O–H groups in total. The molecule has 1 aromatic rings. The van der Waals surface area contributed by atoms with Gasteiger partial charge in [0.05, 0.1) is 5.69 Å². The summed E-state index contributed by atoms with van der Waals surface area (Å²) < 4.78 is 36.4. The topological polar surface area (TPSA) is 128 Å². The molecule has 0 radical (unpaired) electrons. The molecule has 11 heteroatoms. The van der Waals surface area contributed by atoms with E-state index in [0.29, 0.717) is 11.6 Å². The van der Waals surface area contributed by atoms with Gasteiger partial charge in [-0.15, -0.1) is 11.3 Å². The Morgan fingerprint density at radius 3 is 2.75 bits per heavy atom. The fourth-order valence-corrected chi connectivity index (χ4v) is 3.43. The van der Waals surface area contributed by atoms with Crippen LogP contribution in [0.4, 0.5) is 18.3 Å². The van der Waals surface area contributed by atoms with Gasteiger partial charge in [-0.2, -0.15) is 18.2 Å². The number of rotatable bonds is 4. The molecule has 1 aromatic heterocycles. The van der Waals surface area contributed by atoms with Gasteiger partial charge in [-0.05, 0) is 19.3 Å². The van der Waals surface area contributed by atoms with Crippen LogP contribution in [0.15, 0.2) is 15.4 Å². The first kappa shape index (κ1) is 18.3. The minimum atomic E-state index is -4.36. The molecule has 2 atom stereocenters. The number of guanidine groups is 2. The van der Waals surface area contributed by atoms with E-state index in [1.807, 2.05) is 5.38 Å². The molecule has 134 valence electrons. The molecule has 1 aliphatic carbocycles. The van der Waals surface area contributed by atoms with Crippen molar-refractivity contribution in [3.8, 4) is 0 Å². The molecule has 0 bridgehead atoms. The first-order valence-electron chi connectivity index (χ1n) is 7.41. The van der Waals surface area contributed by atoms with E-state index in [9.17, 15) is 13.2 Å². The average molecular weight is 363 g/mol. The first-order chi connectivity index (χ1) is 11.2. The molecule has 2 rings (SSSR count). The predicted octanol–water partition coefficient (Wildman–Crippen LogP) is 1.54.